The van der Waals surface area contributed by atoms with Gasteiger partial charge in [-0.1, -0.05) is 44.4 Å². The lowest BCUT2D eigenvalue weighted by Gasteiger charge is -2.20. The number of hydrogen-bond donors (Lipinski definition) is 4. The SMILES string of the molecule is CC(C[PH+]=O)CC(C)(C)C.COc1cccc(OC)c1C(=N)N.COc1cccc(OC)c1C(=N)N. The van der Waals surface area contributed by atoms with Crippen LogP contribution in [0.15, 0.2) is 36.4 Å². The maximum absolute atomic E-state index is 10.3. The van der Waals surface area contributed by atoms with E-state index in [1.54, 1.807) is 36.4 Å². The van der Waals surface area contributed by atoms with Crippen LogP contribution in [0.25, 0.3) is 0 Å². The molecule has 0 aliphatic heterocycles. The van der Waals surface area contributed by atoms with Gasteiger partial charge in [0.05, 0.1) is 39.6 Å². The maximum atomic E-state index is 10.3. The Morgan fingerprint density at radius 2 is 1.11 bits per heavy atom. The molecule has 36 heavy (non-hydrogen) atoms. The number of rotatable bonds is 9. The first-order valence-corrected chi connectivity index (χ1v) is 12.4. The Morgan fingerprint density at radius 1 is 0.806 bits per heavy atom. The van der Waals surface area contributed by atoms with E-state index in [1.165, 1.54) is 34.9 Å². The summed E-state index contributed by atoms with van der Waals surface area (Å²) < 4.78 is 30.4. The van der Waals surface area contributed by atoms with Crippen molar-refractivity contribution < 1.29 is 23.5 Å². The van der Waals surface area contributed by atoms with Gasteiger partial charge >= 0.3 is 8.46 Å². The van der Waals surface area contributed by atoms with Crippen LogP contribution in [0.1, 0.15) is 45.2 Å². The van der Waals surface area contributed by atoms with Crippen molar-refractivity contribution in [3.05, 3.63) is 47.5 Å². The summed E-state index contributed by atoms with van der Waals surface area (Å²) in [6.45, 7) is 8.82. The molecule has 2 atom stereocenters. The van der Waals surface area contributed by atoms with Crippen molar-refractivity contribution in [1.29, 1.82) is 10.8 Å². The normalized spacial score (nSPS) is 11.1. The minimum Gasteiger partial charge on any atom is -0.496 e. The Bertz CT molecular complexity index is 883. The molecule has 0 saturated carbocycles. The summed E-state index contributed by atoms with van der Waals surface area (Å²) in [6.07, 6.45) is 2.03. The van der Waals surface area contributed by atoms with Crippen molar-refractivity contribution in [2.75, 3.05) is 34.6 Å². The highest BCUT2D eigenvalue weighted by Gasteiger charge is 2.17. The van der Waals surface area contributed by atoms with Crippen LogP contribution in [0.3, 0.4) is 0 Å². The quantitative estimate of drug-likeness (QED) is 0.204. The van der Waals surface area contributed by atoms with Crippen molar-refractivity contribution in [2.45, 2.75) is 34.1 Å². The first kappa shape index (κ1) is 32.7. The third-order valence-electron chi connectivity index (χ3n) is 4.79. The maximum Gasteiger partial charge on any atom is 0.325 e. The van der Waals surface area contributed by atoms with Gasteiger partial charge in [0.1, 0.15) is 40.8 Å². The molecule has 0 fully saturated rings. The second-order valence-electron chi connectivity index (χ2n) is 9.12. The number of methoxy groups -OCH3 is 4. The summed E-state index contributed by atoms with van der Waals surface area (Å²) in [6, 6.07) is 10.5. The lowest BCUT2D eigenvalue weighted by molar-refractivity contribution is 0.322. The van der Waals surface area contributed by atoms with E-state index in [9.17, 15) is 4.57 Å². The van der Waals surface area contributed by atoms with Gasteiger partial charge < -0.3 is 30.4 Å². The van der Waals surface area contributed by atoms with Gasteiger partial charge in [0.25, 0.3) is 0 Å². The molecule has 0 bridgehead atoms. The van der Waals surface area contributed by atoms with Crippen LogP contribution < -0.4 is 30.4 Å². The molecule has 0 amide bonds. The molecular formula is C26H42N4O5P+. The number of hydrogen-bond acceptors (Lipinski definition) is 7. The molecule has 2 aromatic rings. The summed E-state index contributed by atoms with van der Waals surface area (Å²) >= 11 is 0. The van der Waals surface area contributed by atoms with Crippen LogP contribution in [0.5, 0.6) is 23.0 Å². The molecule has 0 aromatic heterocycles. The topological polar surface area (TPSA) is 154 Å². The lowest BCUT2D eigenvalue weighted by Crippen LogP contribution is -2.13. The molecule has 0 aliphatic carbocycles. The Kier molecular flexibility index (Phi) is 14.9. The van der Waals surface area contributed by atoms with Crippen molar-refractivity contribution in [2.24, 2.45) is 22.8 Å². The predicted molar refractivity (Wildman–Crippen MR) is 148 cm³/mol. The molecule has 0 spiro atoms. The van der Waals surface area contributed by atoms with Gasteiger partial charge in [0.15, 0.2) is 0 Å². The number of nitrogens with two attached hydrogens (primary N) is 2. The number of benzene rings is 2. The summed E-state index contributed by atoms with van der Waals surface area (Å²) in [5, 5.41) is 14.7. The van der Waals surface area contributed by atoms with Gasteiger partial charge in [0.2, 0.25) is 0 Å². The fraction of sp³-hybridized carbons (Fsp3) is 0.462. The molecule has 0 aliphatic rings. The van der Waals surface area contributed by atoms with E-state index in [4.69, 9.17) is 41.2 Å². The van der Waals surface area contributed by atoms with E-state index in [0.717, 1.165) is 6.16 Å². The Hall–Kier alpha value is -3.32. The first-order valence-electron chi connectivity index (χ1n) is 11.3. The second kappa shape index (κ2) is 16.4. The molecule has 10 heteroatoms. The van der Waals surface area contributed by atoms with Gasteiger partial charge in [-0.05, 0) is 36.1 Å². The van der Waals surface area contributed by atoms with E-state index < -0.39 is 0 Å². The van der Waals surface area contributed by atoms with Crippen LogP contribution in [0.2, 0.25) is 0 Å². The molecule has 0 heterocycles. The molecule has 0 radical (unpaired) electrons. The largest absolute Gasteiger partial charge is 0.496 e. The van der Waals surface area contributed by atoms with E-state index in [-0.39, 0.29) is 20.1 Å². The zero-order chi connectivity index (χ0) is 27.9. The second-order valence-corrected chi connectivity index (χ2v) is 9.82. The van der Waals surface area contributed by atoms with E-state index in [0.29, 0.717) is 45.5 Å². The van der Waals surface area contributed by atoms with Crippen molar-refractivity contribution in [3.63, 3.8) is 0 Å². The van der Waals surface area contributed by atoms with Crippen LogP contribution in [0.4, 0.5) is 0 Å². The molecule has 2 rings (SSSR count). The number of amidine groups is 2. The Morgan fingerprint density at radius 3 is 1.31 bits per heavy atom. The molecule has 2 aromatic carbocycles. The van der Waals surface area contributed by atoms with Crippen molar-refractivity contribution in [1.82, 2.24) is 0 Å². The van der Waals surface area contributed by atoms with Crippen LogP contribution in [-0.2, 0) is 4.57 Å². The van der Waals surface area contributed by atoms with Gasteiger partial charge in [0, 0.05) is 5.92 Å². The van der Waals surface area contributed by atoms with Gasteiger partial charge in [-0.25, -0.2) is 0 Å². The van der Waals surface area contributed by atoms with Gasteiger partial charge in [-0.3, -0.25) is 10.8 Å². The van der Waals surface area contributed by atoms with Crippen LogP contribution in [0, 0.1) is 22.2 Å². The predicted octanol–water partition coefficient (Wildman–Crippen LogP) is 5.06. The minimum atomic E-state index is -0.126. The molecule has 6 N–H and O–H groups in total. The van der Waals surface area contributed by atoms with E-state index in [1.807, 2.05) is 0 Å². The summed E-state index contributed by atoms with van der Waals surface area (Å²) in [7, 11) is 5.99. The third-order valence-corrected chi connectivity index (χ3v) is 5.65. The summed E-state index contributed by atoms with van der Waals surface area (Å²) in [5.41, 5.74) is 12.2. The van der Waals surface area contributed by atoms with Crippen LogP contribution >= 0.6 is 8.46 Å². The summed E-state index contributed by atoms with van der Waals surface area (Å²) in [5.74, 6) is 2.68. The first-order chi connectivity index (χ1) is 16.9. The monoisotopic (exact) mass is 521 g/mol. The molecule has 200 valence electrons. The average Bonchev–Trinajstić information content (AvgIpc) is 2.82. The molecule has 0 saturated heterocycles. The number of nitrogen functional groups attached to an aromatic ring is 2. The smallest absolute Gasteiger partial charge is 0.325 e. The van der Waals surface area contributed by atoms with Gasteiger partial charge in [-0.2, -0.15) is 0 Å². The fourth-order valence-corrected chi connectivity index (χ4v) is 3.92. The lowest BCUT2D eigenvalue weighted by atomic mass is 9.86. The minimum absolute atomic E-state index is 0.0608. The zero-order valence-electron chi connectivity index (χ0n) is 22.7. The standard InChI is InChI=1S/2C9H12N2O2.C8H17OP/c2*1-12-6-4-3-5-7(13-2)8(6)9(10)11;1-7(6-10-9)5-8(2,3)4/h2*3-5H,1-2H3,(H3,10,11);7H,5-6H2,1-4H3/p+1. The third kappa shape index (κ3) is 11.4. The highest BCUT2D eigenvalue weighted by atomic mass is 31.1. The summed E-state index contributed by atoms with van der Waals surface area (Å²) in [4.78, 5) is 0. The fourth-order valence-electron chi connectivity index (χ4n) is 3.49. The Labute approximate surface area is 216 Å². The highest BCUT2D eigenvalue weighted by molar-refractivity contribution is 7.23. The van der Waals surface area contributed by atoms with E-state index >= 15 is 0 Å². The van der Waals surface area contributed by atoms with Gasteiger partial charge in [-0.15, -0.1) is 0 Å². The Balaban J connectivity index is 0.000000517. The van der Waals surface area contributed by atoms with Crippen molar-refractivity contribution in [3.8, 4) is 23.0 Å². The molecule has 2 unspecified atom stereocenters. The van der Waals surface area contributed by atoms with Crippen LogP contribution in [-0.4, -0.2) is 46.3 Å². The number of ether oxygens (including phenoxy) is 4. The average molecular weight is 522 g/mol. The number of nitrogens with one attached hydrogen (secondary N) is 2. The molecular weight excluding hydrogens is 479 g/mol. The van der Waals surface area contributed by atoms with Crippen molar-refractivity contribution >= 4 is 20.1 Å². The highest BCUT2D eigenvalue weighted by Crippen LogP contribution is 2.28. The zero-order valence-corrected chi connectivity index (χ0v) is 23.7. The van der Waals surface area contributed by atoms with E-state index in [2.05, 4.69) is 27.7 Å². The molecule has 9 nitrogen and oxygen atoms in total.